The van der Waals surface area contributed by atoms with Crippen molar-refractivity contribution in [3.05, 3.63) is 59.4 Å². The molecule has 1 aromatic heterocycles. The first-order valence-electron chi connectivity index (χ1n) is 9.96. The lowest BCUT2D eigenvalue weighted by atomic mass is 10.2. The molecular weight excluding hydrogens is 434 g/mol. The molecule has 1 aliphatic heterocycles. The third-order valence-corrected chi connectivity index (χ3v) is 7.83. The van der Waals surface area contributed by atoms with Gasteiger partial charge >= 0.3 is 0 Å². The van der Waals surface area contributed by atoms with Gasteiger partial charge in [0.15, 0.2) is 10.6 Å². The summed E-state index contributed by atoms with van der Waals surface area (Å²) in [6.07, 6.45) is 0. The molecule has 3 aromatic rings. The first kappa shape index (κ1) is 21.7. The lowest BCUT2D eigenvalue weighted by Crippen LogP contribution is -2.48. The predicted octanol–water partition coefficient (Wildman–Crippen LogP) is 2.59. The van der Waals surface area contributed by atoms with E-state index in [9.17, 15) is 8.42 Å². The van der Waals surface area contributed by atoms with Crippen LogP contribution in [0.5, 0.6) is 5.75 Å². The molecule has 0 unspecified atom stereocenters. The summed E-state index contributed by atoms with van der Waals surface area (Å²) in [5.41, 5.74) is 1.00. The SMILES string of the molecule is COc1ccc(S(=O)(=O)N2CCN(Cn3nc(-c4ccccc4)n(C)c3=S)CC2)cc1. The van der Waals surface area contributed by atoms with E-state index in [4.69, 9.17) is 22.1 Å². The van der Waals surface area contributed by atoms with Crippen LogP contribution in [0.2, 0.25) is 0 Å². The summed E-state index contributed by atoms with van der Waals surface area (Å²) in [7, 11) is -0.0609. The Labute approximate surface area is 187 Å². The summed E-state index contributed by atoms with van der Waals surface area (Å²) in [6.45, 7) is 2.57. The monoisotopic (exact) mass is 459 g/mol. The van der Waals surface area contributed by atoms with E-state index in [1.165, 1.54) is 4.31 Å². The fourth-order valence-corrected chi connectivity index (χ4v) is 5.22. The number of hydrogen-bond donors (Lipinski definition) is 0. The zero-order valence-electron chi connectivity index (χ0n) is 17.5. The molecule has 0 amide bonds. The smallest absolute Gasteiger partial charge is 0.243 e. The van der Waals surface area contributed by atoms with Gasteiger partial charge in [-0.3, -0.25) is 4.90 Å². The van der Waals surface area contributed by atoms with Gasteiger partial charge in [-0.2, -0.15) is 9.40 Å². The first-order chi connectivity index (χ1) is 14.9. The molecule has 164 valence electrons. The number of sulfonamides is 1. The Bertz CT molecular complexity index is 1200. The van der Waals surface area contributed by atoms with Gasteiger partial charge < -0.3 is 9.30 Å². The van der Waals surface area contributed by atoms with E-state index < -0.39 is 10.0 Å². The van der Waals surface area contributed by atoms with Crippen LogP contribution in [-0.2, 0) is 23.7 Å². The second kappa shape index (κ2) is 8.91. The van der Waals surface area contributed by atoms with Crippen molar-refractivity contribution in [1.29, 1.82) is 0 Å². The Morgan fingerprint density at radius 2 is 1.65 bits per heavy atom. The molecule has 2 heterocycles. The van der Waals surface area contributed by atoms with E-state index in [1.54, 1.807) is 36.1 Å². The second-order valence-electron chi connectivity index (χ2n) is 7.37. The van der Waals surface area contributed by atoms with Crippen molar-refractivity contribution >= 4 is 22.2 Å². The van der Waals surface area contributed by atoms with Crippen molar-refractivity contribution < 1.29 is 13.2 Å². The highest BCUT2D eigenvalue weighted by Gasteiger charge is 2.28. The molecule has 31 heavy (non-hydrogen) atoms. The molecule has 10 heteroatoms. The summed E-state index contributed by atoms with van der Waals surface area (Å²) >= 11 is 5.57. The minimum atomic E-state index is -3.53. The van der Waals surface area contributed by atoms with Crippen LogP contribution in [0.4, 0.5) is 0 Å². The van der Waals surface area contributed by atoms with E-state index in [1.807, 2.05) is 41.9 Å². The highest BCUT2D eigenvalue weighted by molar-refractivity contribution is 7.89. The Balaban J connectivity index is 1.43. The van der Waals surface area contributed by atoms with Crippen molar-refractivity contribution in [3.63, 3.8) is 0 Å². The molecule has 0 aliphatic carbocycles. The topological polar surface area (TPSA) is 72.6 Å². The van der Waals surface area contributed by atoms with E-state index >= 15 is 0 Å². The Morgan fingerprint density at radius 1 is 1.00 bits per heavy atom. The molecule has 8 nitrogen and oxygen atoms in total. The van der Waals surface area contributed by atoms with Crippen LogP contribution >= 0.6 is 12.2 Å². The van der Waals surface area contributed by atoms with Crippen LogP contribution in [0.3, 0.4) is 0 Å². The quantitative estimate of drug-likeness (QED) is 0.528. The van der Waals surface area contributed by atoms with E-state index in [0.717, 1.165) is 11.4 Å². The van der Waals surface area contributed by atoms with Gasteiger partial charge in [0, 0.05) is 38.8 Å². The molecule has 0 saturated carbocycles. The maximum atomic E-state index is 12.9. The minimum Gasteiger partial charge on any atom is -0.497 e. The third-order valence-electron chi connectivity index (χ3n) is 5.44. The number of aromatic nitrogens is 3. The van der Waals surface area contributed by atoms with Gasteiger partial charge in [0.05, 0.1) is 18.7 Å². The lowest BCUT2D eigenvalue weighted by molar-refractivity contribution is 0.144. The summed E-state index contributed by atoms with van der Waals surface area (Å²) < 4.78 is 36.8. The zero-order valence-corrected chi connectivity index (χ0v) is 19.1. The van der Waals surface area contributed by atoms with Crippen LogP contribution in [0.1, 0.15) is 0 Å². The van der Waals surface area contributed by atoms with Crippen molar-refractivity contribution in [2.24, 2.45) is 7.05 Å². The number of ether oxygens (including phenoxy) is 1. The normalized spacial score (nSPS) is 15.8. The van der Waals surface area contributed by atoms with Crippen LogP contribution in [0.25, 0.3) is 11.4 Å². The van der Waals surface area contributed by atoms with Gasteiger partial charge in [-0.15, -0.1) is 0 Å². The molecule has 4 rings (SSSR count). The van der Waals surface area contributed by atoms with Gasteiger partial charge in [0.25, 0.3) is 0 Å². The second-order valence-corrected chi connectivity index (χ2v) is 9.67. The van der Waals surface area contributed by atoms with Crippen LogP contribution < -0.4 is 4.74 Å². The molecule has 0 N–H and O–H groups in total. The third kappa shape index (κ3) is 4.42. The number of hydrogen-bond acceptors (Lipinski definition) is 6. The number of nitrogens with zero attached hydrogens (tertiary/aromatic N) is 5. The van der Waals surface area contributed by atoms with Gasteiger partial charge in [0.2, 0.25) is 10.0 Å². The summed E-state index contributed by atoms with van der Waals surface area (Å²) in [5, 5.41) is 4.70. The lowest BCUT2D eigenvalue weighted by Gasteiger charge is -2.33. The maximum absolute atomic E-state index is 12.9. The highest BCUT2D eigenvalue weighted by atomic mass is 32.2. The molecule has 0 radical (unpaired) electrons. The molecule has 1 aliphatic rings. The summed E-state index contributed by atoms with van der Waals surface area (Å²) in [5.74, 6) is 1.44. The van der Waals surface area contributed by atoms with Gasteiger partial charge in [-0.25, -0.2) is 13.1 Å². The molecule has 0 atom stereocenters. The maximum Gasteiger partial charge on any atom is 0.243 e. The fraction of sp³-hybridized carbons (Fsp3) is 0.333. The molecule has 0 bridgehead atoms. The minimum absolute atomic E-state index is 0.279. The predicted molar refractivity (Wildman–Crippen MR) is 121 cm³/mol. The highest BCUT2D eigenvalue weighted by Crippen LogP contribution is 2.21. The Kier molecular flexibility index (Phi) is 6.24. The molecule has 1 fully saturated rings. The first-order valence-corrected chi connectivity index (χ1v) is 11.8. The summed E-state index contributed by atoms with van der Waals surface area (Å²) in [4.78, 5) is 2.44. The van der Waals surface area contributed by atoms with Gasteiger partial charge in [0.1, 0.15) is 5.75 Å². The Morgan fingerprint density at radius 3 is 2.26 bits per heavy atom. The van der Waals surface area contributed by atoms with E-state index in [2.05, 4.69) is 4.90 Å². The average molecular weight is 460 g/mol. The van der Waals surface area contributed by atoms with Crippen LogP contribution in [-0.4, -0.2) is 65.3 Å². The fourth-order valence-electron chi connectivity index (χ4n) is 3.62. The van der Waals surface area contributed by atoms with Crippen LogP contribution in [0, 0.1) is 4.77 Å². The molecule has 2 aromatic carbocycles. The number of rotatable bonds is 6. The van der Waals surface area contributed by atoms with Crippen LogP contribution in [0.15, 0.2) is 59.5 Å². The van der Waals surface area contributed by atoms with E-state index in [0.29, 0.717) is 43.4 Å². The number of piperazine rings is 1. The molecular formula is C21H25N5O3S2. The van der Waals surface area contributed by atoms with E-state index in [-0.39, 0.29) is 4.90 Å². The Hall–Kier alpha value is -2.53. The van der Waals surface area contributed by atoms with Crippen molar-refractivity contribution in [1.82, 2.24) is 23.6 Å². The average Bonchev–Trinajstić information content (AvgIpc) is 3.08. The molecule has 0 spiro atoms. The largest absolute Gasteiger partial charge is 0.497 e. The van der Waals surface area contributed by atoms with Crippen molar-refractivity contribution in [2.45, 2.75) is 11.6 Å². The zero-order chi connectivity index (χ0) is 22.0. The van der Waals surface area contributed by atoms with Gasteiger partial charge in [-0.05, 0) is 36.5 Å². The standard InChI is InChI=1S/C21H25N5O3S2/c1-23-20(17-6-4-3-5-7-17)22-26(21(23)30)16-24-12-14-25(15-13-24)31(27,28)19-10-8-18(29-2)9-11-19/h3-11H,12-16H2,1-2H3. The number of methoxy groups -OCH3 is 1. The number of benzene rings is 2. The molecule has 1 saturated heterocycles. The van der Waals surface area contributed by atoms with Gasteiger partial charge in [-0.1, -0.05) is 30.3 Å². The van der Waals surface area contributed by atoms with Crippen molar-refractivity contribution in [2.75, 3.05) is 33.3 Å². The summed E-state index contributed by atoms with van der Waals surface area (Å²) in [6, 6.07) is 16.4. The van der Waals surface area contributed by atoms with Crippen molar-refractivity contribution in [3.8, 4) is 17.1 Å².